The molecular formula is C23H40O17. The average molecular weight is 589 g/mol. The Hall–Kier alpha value is -1.13. The third-order valence-corrected chi connectivity index (χ3v) is 7.56. The van der Waals surface area contributed by atoms with Crippen molar-refractivity contribution in [2.75, 3.05) is 26.9 Å². The molecule has 3 aliphatic heterocycles. The molecule has 0 radical (unpaired) electrons. The quantitative estimate of drug-likeness (QED) is 0.108. The van der Waals surface area contributed by atoms with Crippen molar-refractivity contribution in [3.63, 3.8) is 0 Å². The molecule has 0 aromatic rings. The number of aliphatic hydroxyl groups is 9. The standard InChI is InChI=1S/C23H40O17/c1-8-10(28)4-23(22(33)34,39-18(8)15(30)11(29)5-24)40-20-16(31)12(6-25)37-21(17(20)32)38-19-9(27)3-14(35-2)36-13(19)7-26/h8-21,24-32H,3-7H2,1-2H3,(H,33,34)/t8-,9-,10-,11-,12?,13?,14?,15-,16+,17?,18?,19+,20+,21+,23+/m1/s1. The van der Waals surface area contributed by atoms with Crippen LogP contribution in [0, 0.1) is 5.92 Å². The zero-order valence-electron chi connectivity index (χ0n) is 21.9. The summed E-state index contributed by atoms with van der Waals surface area (Å²) in [6, 6.07) is 0. The van der Waals surface area contributed by atoms with Crippen molar-refractivity contribution in [3.05, 3.63) is 0 Å². The predicted octanol–water partition coefficient (Wildman–Crippen LogP) is -5.41. The van der Waals surface area contributed by atoms with Crippen molar-refractivity contribution in [1.29, 1.82) is 0 Å². The van der Waals surface area contributed by atoms with Crippen molar-refractivity contribution in [2.45, 2.75) is 105 Å². The van der Waals surface area contributed by atoms with E-state index < -0.39 is 124 Å². The molecule has 3 heterocycles. The highest BCUT2D eigenvalue weighted by atomic mass is 16.8. The molecule has 3 rings (SSSR count). The summed E-state index contributed by atoms with van der Waals surface area (Å²) in [7, 11) is 1.33. The second kappa shape index (κ2) is 13.9. The van der Waals surface area contributed by atoms with Crippen molar-refractivity contribution < 1.29 is 84.3 Å². The van der Waals surface area contributed by atoms with E-state index >= 15 is 0 Å². The minimum absolute atomic E-state index is 0.0814. The van der Waals surface area contributed by atoms with Crippen LogP contribution in [0.5, 0.6) is 0 Å². The lowest BCUT2D eigenvalue weighted by Gasteiger charge is -2.50. The smallest absolute Gasteiger partial charge is 0.364 e. The molecule has 5 unspecified atom stereocenters. The Bertz CT molecular complexity index is 818. The summed E-state index contributed by atoms with van der Waals surface area (Å²) in [5.41, 5.74) is 0. The van der Waals surface area contributed by atoms with Crippen LogP contribution in [0.15, 0.2) is 0 Å². The van der Waals surface area contributed by atoms with Crippen LogP contribution < -0.4 is 0 Å². The van der Waals surface area contributed by atoms with Crippen molar-refractivity contribution in [2.24, 2.45) is 5.92 Å². The van der Waals surface area contributed by atoms with E-state index in [-0.39, 0.29) is 6.42 Å². The van der Waals surface area contributed by atoms with Crippen molar-refractivity contribution in [3.8, 4) is 0 Å². The minimum Gasteiger partial charge on any atom is -0.477 e. The first-order valence-corrected chi connectivity index (χ1v) is 12.8. The zero-order chi connectivity index (χ0) is 29.9. The third-order valence-electron chi connectivity index (χ3n) is 7.56. The lowest BCUT2D eigenvalue weighted by atomic mass is 9.84. The van der Waals surface area contributed by atoms with Crippen LogP contribution >= 0.6 is 0 Å². The molecule has 17 heteroatoms. The van der Waals surface area contributed by atoms with Gasteiger partial charge in [0.2, 0.25) is 0 Å². The van der Waals surface area contributed by atoms with E-state index in [1.165, 1.54) is 14.0 Å². The molecule has 0 amide bonds. The van der Waals surface area contributed by atoms with Crippen LogP contribution in [-0.2, 0) is 33.2 Å². The number of carbonyl (C=O) groups is 1. The van der Waals surface area contributed by atoms with E-state index in [9.17, 15) is 55.9 Å². The molecule has 234 valence electrons. The molecule has 0 spiro atoms. The van der Waals surface area contributed by atoms with Gasteiger partial charge in [0.1, 0.15) is 48.8 Å². The van der Waals surface area contributed by atoms with Gasteiger partial charge in [0.15, 0.2) is 12.6 Å². The molecule has 10 N–H and O–H groups in total. The maximum atomic E-state index is 12.4. The Morgan fingerprint density at radius 3 is 2.17 bits per heavy atom. The second-order valence-corrected chi connectivity index (χ2v) is 10.2. The number of hydrogen-bond donors (Lipinski definition) is 10. The van der Waals surface area contributed by atoms with Gasteiger partial charge in [-0.2, -0.15) is 0 Å². The van der Waals surface area contributed by atoms with Crippen molar-refractivity contribution >= 4 is 5.97 Å². The molecule has 0 bridgehead atoms. The monoisotopic (exact) mass is 588 g/mol. The number of hydrogen-bond acceptors (Lipinski definition) is 16. The van der Waals surface area contributed by atoms with Gasteiger partial charge in [0.25, 0.3) is 5.79 Å². The molecule has 15 atom stereocenters. The summed E-state index contributed by atoms with van der Waals surface area (Å²) >= 11 is 0. The maximum Gasteiger partial charge on any atom is 0.364 e. The first kappa shape index (κ1) is 33.4. The van der Waals surface area contributed by atoms with Gasteiger partial charge in [-0.15, -0.1) is 0 Å². The Kier molecular flexibility index (Phi) is 11.6. The second-order valence-electron chi connectivity index (χ2n) is 10.2. The van der Waals surface area contributed by atoms with Gasteiger partial charge in [-0.3, -0.25) is 0 Å². The molecule has 0 aromatic heterocycles. The largest absolute Gasteiger partial charge is 0.477 e. The predicted molar refractivity (Wildman–Crippen MR) is 125 cm³/mol. The summed E-state index contributed by atoms with van der Waals surface area (Å²) < 4.78 is 32.8. The van der Waals surface area contributed by atoms with Gasteiger partial charge in [0, 0.05) is 25.9 Å². The van der Waals surface area contributed by atoms with Crippen LogP contribution in [0.1, 0.15) is 19.8 Å². The molecule has 3 saturated heterocycles. The number of carboxylic acids is 1. The highest BCUT2D eigenvalue weighted by Crippen LogP contribution is 2.40. The normalized spacial score (nSPS) is 46.1. The van der Waals surface area contributed by atoms with E-state index in [0.717, 1.165) is 0 Å². The lowest BCUT2D eigenvalue weighted by molar-refractivity contribution is -0.383. The first-order valence-electron chi connectivity index (χ1n) is 12.8. The Morgan fingerprint density at radius 2 is 1.62 bits per heavy atom. The highest BCUT2D eigenvalue weighted by Gasteiger charge is 2.58. The number of aliphatic carboxylic acids is 1. The number of ether oxygens (including phenoxy) is 6. The van der Waals surface area contributed by atoms with Crippen LogP contribution in [0.2, 0.25) is 0 Å². The number of aliphatic hydroxyl groups excluding tert-OH is 9. The van der Waals surface area contributed by atoms with Gasteiger partial charge in [0.05, 0.1) is 38.1 Å². The number of carboxylic acid groups (broad SMARTS) is 1. The molecule has 17 nitrogen and oxygen atoms in total. The topological polar surface area (TPSA) is 275 Å². The van der Waals surface area contributed by atoms with E-state index in [0.29, 0.717) is 0 Å². The fourth-order valence-corrected chi connectivity index (χ4v) is 5.09. The molecule has 0 aliphatic carbocycles. The van der Waals surface area contributed by atoms with E-state index in [1.54, 1.807) is 0 Å². The Morgan fingerprint density at radius 1 is 0.975 bits per heavy atom. The number of methoxy groups -OCH3 is 1. The zero-order valence-corrected chi connectivity index (χ0v) is 21.9. The van der Waals surface area contributed by atoms with Gasteiger partial charge in [-0.1, -0.05) is 6.92 Å². The van der Waals surface area contributed by atoms with Gasteiger partial charge >= 0.3 is 5.97 Å². The summed E-state index contributed by atoms with van der Waals surface area (Å²) in [6.45, 7) is -0.986. The Labute approximate surface area is 229 Å². The SMILES string of the molecule is COC1C[C@@H](O)[C@H](O[C@@H]2OC(CO)[C@H](O)[C@H](O[C@]3(C(=O)O)C[C@@H](O)[C@@H](C)C([C@H](O)[C@H](O)CO)O3)C2O)C(CO)O1. The summed E-state index contributed by atoms with van der Waals surface area (Å²) in [5.74, 6) is -5.56. The molecule has 0 aromatic carbocycles. The van der Waals surface area contributed by atoms with Gasteiger partial charge in [-0.25, -0.2) is 4.79 Å². The minimum atomic E-state index is -2.80. The van der Waals surface area contributed by atoms with Gasteiger partial charge < -0.3 is 79.5 Å². The summed E-state index contributed by atoms with van der Waals surface area (Å²) in [5, 5.41) is 102. The Balaban J connectivity index is 1.88. The fraction of sp³-hybridized carbons (Fsp3) is 0.957. The fourth-order valence-electron chi connectivity index (χ4n) is 5.09. The highest BCUT2D eigenvalue weighted by molar-refractivity contribution is 5.76. The molecule has 40 heavy (non-hydrogen) atoms. The summed E-state index contributed by atoms with van der Waals surface area (Å²) in [6.07, 6.45) is -21.2. The van der Waals surface area contributed by atoms with E-state index in [2.05, 4.69) is 0 Å². The molecule has 3 aliphatic rings. The molecule has 3 fully saturated rings. The third kappa shape index (κ3) is 6.74. The summed E-state index contributed by atoms with van der Waals surface area (Å²) in [4.78, 5) is 12.4. The van der Waals surface area contributed by atoms with E-state index in [1.807, 2.05) is 0 Å². The molecular weight excluding hydrogens is 548 g/mol. The van der Waals surface area contributed by atoms with E-state index in [4.69, 9.17) is 28.4 Å². The van der Waals surface area contributed by atoms with Crippen LogP contribution in [0.4, 0.5) is 0 Å². The maximum absolute atomic E-state index is 12.4. The van der Waals surface area contributed by atoms with Crippen LogP contribution in [0.25, 0.3) is 0 Å². The lowest BCUT2D eigenvalue weighted by Crippen LogP contribution is -2.67. The molecule has 0 saturated carbocycles. The van der Waals surface area contributed by atoms with Gasteiger partial charge in [-0.05, 0) is 0 Å². The van der Waals surface area contributed by atoms with Crippen LogP contribution in [-0.4, -0.2) is 169 Å². The first-order chi connectivity index (χ1) is 18.8. The average Bonchev–Trinajstić information content (AvgIpc) is 2.93. The van der Waals surface area contributed by atoms with Crippen molar-refractivity contribution in [1.82, 2.24) is 0 Å². The number of rotatable bonds is 11. The van der Waals surface area contributed by atoms with Crippen LogP contribution in [0.3, 0.4) is 0 Å².